The number of hydrogen-bond acceptors (Lipinski definition) is 4. The Kier molecular flexibility index (Phi) is 3.60. The highest BCUT2D eigenvalue weighted by molar-refractivity contribution is 5.89. The predicted molar refractivity (Wildman–Crippen MR) is 63.7 cm³/mol. The molecular weight excluding hydrogens is 216 g/mol. The monoisotopic (exact) mass is 226 g/mol. The second-order valence-electron chi connectivity index (χ2n) is 3.23. The van der Waals surface area contributed by atoms with Gasteiger partial charge in [0.1, 0.15) is 0 Å². The number of carbonyl (C=O) groups is 1. The Morgan fingerprint density at radius 2 is 1.88 bits per heavy atom. The van der Waals surface area contributed by atoms with Crippen LogP contribution in [0.2, 0.25) is 0 Å². The van der Waals surface area contributed by atoms with E-state index in [9.17, 15) is 4.79 Å². The first-order valence-electron chi connectivity index (χ1n) is 5.07. The topological polar surface area (TPSA) is 51.5 Å². The van der Waals surface area contributed by atoms with Gasteiger partial charge in [-0.2, -0.15) is 0 Å². The Labute approximate surface area is 98.6 Å². The fourth-order valence-electron chi connectivity index (χ4n) is 1.21. The molecule has 0 saturated heterocycles. The molecule has 0 saturated carbocycles. The summed E-state index contributed by atoms with van der Waals surface area (Å²) in [7, 11) is 0. The van der Waals surface area contributed by atoms with Gasteiger partial charge in [0.05, 0.1) is 17.5 Å². The molecule has 0 amide bonds. The third-order valence-electron chi connectivity index (χ3n) is 2.02. The molecule has 0 unspecified atom stereocenters. The van der Waals surface area contributed by atoms with Gasteiger partial charge in [0.25, 0.3) is 0 Å². The van der Waals surface area contributed by atoms with Crippen molar-refractivity contribution in [2.24, 2.45) is 5.16 Å². The smallest absolute Gasteiger partial charge is 0.313 e. The molecule has 0 N–H and O–H groups in total. The molecule has 4 heteroatoms. The number of rotatable bonds is 3. The van der Waals surface area contributed by atoms with Gasteiger partial charge < -0.3 is 4.84 Å². The minimum atomic E-state index is -0.488. The van der Waals surface area contributed by atoms with Crippen molar-refractivity contribution in [3.05, 3.63) is 66.0 Å². The van der Waals surface area contributed by atoms with E-state index >= 15 is 0 Å². The van der Waals surface area contributed by atoms with Crippen LogP contribution in [0, 0.1) is 0 Å². The molecule has 0 fully saturated rings. The minimum absolute atomic E-state index is 0.464. The highest BCUT2D eigenvalue weighted by atomic mass is 16.7. The average molecular weight is 226 g/mol. The van der Waals surface area contributed by atoms with Crippen molar-refractivity contribution in [1.29, 1.82) is 0 Å². The fraction of sp³-hybridized carbons (Fsp3) is 0. The lowest BCUT2D eigenvalue weighted by molar-refractivity contribution is 0.0519. The third-order valence-corrected chi connectivity index (χ3v) is 2.02. The van der Waals surface area contributed by atoms with Gasteiger partial charge in [0, 0.05) is 6.20 Å². The number of nitrogens with zero attached hydrogens (tertiary/aromatic N) is 2. The predicted octanol–water partition coefficient (Wildman–Crippen LogP) is 2.27. The second-order valence-corrected chi connectivity index (χ2v) is 3.23. The molecule has 1 aromatic heterocycles. The molecule has 17 heavy (non-hydrogen) atoms. The van der Waals surface area contributed by atoms with Gasteiger partial charge in [-0.05, 0) is 24.3 Å². The van der Waals surface area contributed by atoms with Crippen LogP contribution in [0.1, 0.15) is 16.1 Å². The zero-order valence-electron chi connectivity index (χ0n) is 8.98. The Morgan fingerprint density at radius 3 is 2.59 bits per heavy atom. The van der Waals surface area contributed by atoms with Gasteiger partial charge >= 0.3 is 5.97 Å². The number of hydrogen-bond donors (Lipinski definition) is 0. The summed E-state index contributed by atoms with van der Waals surface area (Å²) in [4.78, 5) is 20.2. The number of carbonyl (C=O) groups excluding carboxylic acids is 1. The van der Waals surface area contributed by atoms with Gasteiger partial charge in [-0.3, -0.25) is 4.98 Å². The van der Waals surface area contributed by atoms with Crippen LogP contribution in [0.25, 0.3) is 0 Å². The number of pyridine rings is 1. The van der Waals surface area contributed by atoms with E-state index in [0.29, 0.717) is 11.3 Å². The first-order chi connectivity index (χ1) is 8.36. The van der Waals surface area contributed by atoms with E-state index < -0.39 is 5.97 Å². The van der Waals surface area contributed by atoms with Crippen LogP contribution >= 0.6 is 0 Å². The van der Waals surface area contributed by atoms with Gasteiger partial charge in [-0.1, -0.05) is 29.4 Å². The largest absolute Gasteiger partial charge is 0.365 e. The second kappa shape index (κ2) is 5.55. The maximum Gasteiger partial charge on any atom is 0.365 e. The standard InChI is InChI=1S/C13H10N2O2/c16-13(11-6-2-1-3-7-11)17-15-10-12-8-4-5-9-14-12/h1-10H/b15-10+. The molecule has 1 aromatic carbocycles. The molecule has 0 atom stereocenters. The number of aromatic nitrogens is 1. The molecule has 0 aliphatic carbocycles. The molecule has 84 valence electrons. The Balaban J connectivity index is 1.95. The Morgan fingerprint density at radius 1 is 1.12 bits per heavy atom. The number of oxime groups is 1. The lowest BCUT2D eigenvalue weighted by atomic mass is 10.2. The van der Waals surface area contributed by atoms with Crippen LogP contribution in [0.5, 0.6) is 0 Å². The lowest BCUT2D eigenvalue weighted by Crippen LogP contribution is -2.00. The first kappa shape index (κ1) is 11.0. The van der Waals surface area contributed by atoms with Crippen molar-refractivity contribution >= 4 is 12.2 Å². The van der Waals surface area contributed by atoms with Crippen molar-refractivity contribution < 1.29 is 9.63 Å². The number of benzene rings is 1. The first-order valence-corrected chi connectivity index (χ1v) is 5.07. The van der Waals surface area contributed by atoms with E-state index in [4.69, 9.17) is 4.84 Å². The van der Waals surface area contributed by atoms with Crippen LogP contribution in [-0.4, -0.2) is 17.2 Å². The molecule has 4 nitrogen and oxygen atoms in total. The maximum absolute atomic E-state index is 11.5. The van der Waals surface area contributed by atoms with E-state index in [1.807, 2.05) is 12.1 Å². The molecule has 0 radical (unpaired) electrons. The summed E-state index contributed by atoms with van der Waals surface area (Å²) in [5.74, 6) is -0.488. The summed E-state index contributed by atoms with van der Waals surface area (Å²) in [5.41, 5.74) is 1.10. The van der Waals surface area contributed by atoms with E-state index in [1.54, 1.807) is 42.6 Å². The Bertz CT molecular complexity index is 509. The van der Waals surface area contributed by atoms with Gasteiger partial charge in [0.2, 0.25) is 0 Å². The molecule has 2 rings (SSSR count). The zero-order valence-corrected chi connectivity index (χ0v) is 8.98. The molecule has 0 aliphatic heterocycles. The van der Waals surface area contributed by atoms with Crippen molar-refractivity contribution in [2.45, 2.75) is 0 Å². The molecule has 1 heterocycles. The van der Waals surface area contributed by atoms with Gasteiger partial charge in [-0.25, -0.2) is 4.79 Å². The Hall–Kier alpha value is -2.49. The molecule has 0 bridgehead atoms. The highest BCUT2D eigenvalue weighted by Crippen LogP contribution is 2.01. The van der Waals surface area contributed by atoms with Crippen LogP contribution < -0.4 is 0 Å². The van der Waals surface area contributed by atoms with E-state index in [0.717, 1.165) is 0 Å². The summed E-state index contributed by atoms with van der Waals surface area (Å²) >= 11 is 0. The summed E-state index contributed by atoms with van der Waals surface area (Å²) in [6.07, 6.45) is 3.03. The minimum Gasteiger partial charge on any atom is -0.313 e. The van der Waals surface area contributed by atoms with Crippen LogP contribution in [0.4, 0.5) is 0 Å². The fourth-order valence-corrected chi connectivity index (χ4v) is 1.21. The highest BCUT2D eigenvalue weighted by Gasteiger charge is 2.04. The van der Waals surface area contributed by atoms with E-state index in [2.05, 4.69) is 10.1 Å². The molecule has 0 aliphatic rings. The van der Waals surface area contributed by atoms with E-state index in [-0.39, 0.29) is 0 Å². The van der Waals surface area contributed by atoms with Crippen molar-refractivity contribution in [2.75, 3.05) is 0 Å². The summed E-state index contributed by atoms with van der Waals surface area (Å²) in [5, 5.41) is 3.58. The summed E-state index contributed by atoms with van der Waals surface area (Å²) in [6.45, 7) is 0. The van der Waals surface area contributed by atoms with E-state index in [1.165, 1.54) is 6.21 Å². The zero-order chi connectivity index (χ0) is 11.9. The van der Waals surface area contributed by atoms with Gasteiger partial charge in [-0.15, -0.1) is 0 Å². The molecular formula is C13H10N2O2. The molecule has 0 spiro atoms. The van der Waals surface area contributed by atoms with Crippen molar-refractivity contribution in [1.82, 2.24) is 4.98 Å². The van der Waals surface area contributed by atoms with Crippen LogP contribution in [0.15, 0.2) is 59.9 Å². The SMILES string of the molecule is O=C(O/N=C/c1ccccn1)c1ccccc1. The van der Waals surface area contributed by atoms with Crippen LogP contribution in [0.3, 0.4) is 0 Å². The summed E-state index contributed by atoms with van der Waals surface area (Å²) < 4.78 is 0. The van der Waals surface area contributed by atoms with Gasteiger partial charge in [0.15, 0.2) is 0 Å². The normalized spacial score (nSPS) is 10.4. The average Bonchev–Trinajstić information content (AvgIpc) is 2.41. The quantitative estimate of drug-likeness (QED) is 0.458. The third kappa shape index (κ3) is 3.24. The lowest BCUT2D eigenvalue weighted by Gasteiger charge is -1.96. The van der Waals surface area contributed by atoms with Crippen molar-refractivity contribution in [3.63, 3.8) is 0 Å². The van der Waals surface area contributed by atoms with Crippen LogP contribution in [-0.2, 0) is 4.84 Å². The van der Waals surface area contributed by atoms with Crippen molar-refractivity contribution in [3.8, 4) is 0 Å². The molecule has 2 aromatic rings. The maximum atomic E-state index is 11.5. The summed E-state index contributed by atoms with van der Waals surface area (Å²) in [6, 6.07) is 14.1.